The molecule has 5 heteroatoms. The van der Waals surface area contributed by atoms with Crippen molar-refractivity contribution < 1.29 is 9.59 Å². The van der Waals surface area contributed by atoms with Crippen LogP contribution in [0.2, 0.25) is 0 Å². The van der Waals surface area contributed by atoms with E-state index in [2.05, 4.69) is 31.9 Å². The minimum atomic E-state index is -0.180. The third-order valence-electron chi connectivity index (χ3n) is 4.52. The van der Waals surface area contributed by atoms with E-state index in [0.29, 0.717) is 0 Å². The third-order valence-corrected chi connectivity index (χ3v) is 7.26. The van der Waals surface area contributed by atoms with Gasteiger partial charge in [0.15, 0.2) is 0 Å². The van der Waals surface area contributed by atoms with Crippen LogP contribution in [0.4, 0.5) is 5.69 Å². The molecule has 2 aliphatic rings. The highest BCUT2D eigenvalue weighted by Gasteiger charge is 2.52. The van der Waals surface area contributed by atoms with Crippen LogP contribution in [0.5, 0.6) is 0 Å². The predicted octanol–water partition coefficient (Wildman–Crippen LogP) is 3.68. The van der Waals surface area contributed by atoms with Gasteiger partial charge in [0, 0.05) is 9.65 Å². The zero-order valence-electron chi connectivity index (χ0n) is 11.8. The van der Waals surface area contributed by atoms with Crippen molar-refractivity contribution in [2.45, 2.75) is 35.8 Å². The Bertz CT molecular complexity index is 561. The average Bonchev–Trinajstić information content (AvgIpc) is 2.71. The van der Waals surface area contributed by atoms with Crippen LogP contribution < -0.4 is 4.90 Å². The van der Waals surface area contributed by atoms with E-state index in [-0.39, 0.29) is 33.3 Å². The van der Waals surface area contributed by atoms with E-state index in [0.717, 1.165) is 30.5 Å². The van der Waals surface area contributed by atoms with Gasteiger partial charge in [0.05, 0.1) is 17.5 Å². The minimum absolute atomic E-state index is 0.0326. The van der Waals surface area contributed by atoms with Gasteiger partial charge in [-0.1, -0.05) is 57.0 Å². The van der Waals surface area contributed by atoms with Crippen LogP contribution in [0, 0.1) is 11.8 Å². The maximum Gasteiger partial charge on any atom is 0.237 e. The lowest BCUT2D eigenvalue weighted by molar-refractivity contribution is -0.122. The van der Waals surface area contributed by atoms with Crippen molar-refractivity contribution in [3.05, 3.63) is 29.8 Å². The average molecular weight is 415 g/mol. The van der Waals surface area contributed by atoms with Gasteiger partial charge >= 0.3 is 0 Å². The predicted molar refractivity (Wildman–Crippen MR) is 90.0 cm³/mol. The van der Waals surface area contributed by atoms with E-state index in [1.807, 2.05) is 31.2 Å². The van der Waals surface area contributed by atoms with Gasteiger partial charge in [0.25, 0.3) is 0 Å². The molecule has 1 aromatic carbocycles. The Morgan fingerprint density at radius 2 is 1.57 bits per heavy atom. The molecule has 1 saturated heterocycles. The lowest BCUT2D eigenvalue weighted by atomic mass is 9.81. The van der Waals surface area contributed by atoms with Crippen molar-refractivity contribution in [3.63, 3.8) is 0 Å². The first-order valence-electron chi connectivity index (χ1n) is 7.28. The van der Waals surface area contributed by atoms with Crippen molar-refractivity contribution in [3.8, 4) is 0 Å². The topological polar surface area (TPSA) is 37.4 Å². The molecule has 1 heterocycles. The maximum absolute atomic E-state index is 12.7. The number of carbonyl (C=O) groups excluding carboxylic acids is 2. The second kappa shape index (κ2) is 5.84. The minimum Gasteiger partial charge on any atom is -0.274 e. The molecule has 0 bridgehead atoms. The van der Waals surface area contributed by atoms with Gasteiger partial charge in [-0.15, -0.1) is 0 Å². The van der Waals surface area contributed by atoms with E-state index in [1.54, 1.807) is 0 Å². The summed E-state index contributed by atoms with van der Waals surface area (Å²) in [6.45, 7) is 2.04. The fourth-order valence-electron chi connectivity index (χ4n) is 3.36. The number of carbonyl (C=O) groups is 2. The number of alkyl halides is 2. The number of hydrogen-bond donors (Lipinski definition) is 0. The van der Waals surface area contributed by atoms with Gasteiger partial charge < -0.3 is 0 Å². The summed E-state index contributed by atoms with van der Waals surface area (Å²) in [5, 5.41) is 0. The van der Waals surface area contributed by atoms with Crippen LogP contribution in [-0.2, 0) is 16.0 Å². The quantitative estimate of drug-likeness (QED) is 0.546. The summed E-state index contributed by atoms with van der Waals surface area (Å²) in [6.07, 6.45) is 2.25. The van der Waals surface area contributed by atoms with Crippen molar-refractivity contribution in [1.82, 2.24) is 0 Å². The Labute approximate surface area is 141 Å². The number of nitrogens with zero attached hydrogens (tertiary/aromatic N) is 1. The number of fused-ring (bicyclic) bond motifs is 1. The number of para-hydroxylation sites is 1. The van der Waals surface area contributed by atoms with Gasteiger partial charge in [-0.3, -0.25) is 9.59 Å². The molecule has 4 unspecified atom stereocenters. The van der Waals surface area contributed by atoms with Crippen LogP contribution in [0.15, 0.2) is 24.3 Å². The monoisotopic (exact) mass is 413 g/mol. The first-order chi connectivity index (χ1) is 10.0. The molecule has 1 aromatic rings. The molecule has 0 N–H and O–H groups in total. The highest BCUT2D eigenvalue weighted by atomic mass is 79.9. The number of hydrogen-bond acceptors (Lipinski definition) is 2. The van der Waals surface area contributed by atoms with Crippen molar-refractivity contribution in [1.29, 1.82) is 0 Å². The molecule has 1 aliphatic carbocycles. The van der Waals surface area contributed by atoms with Crippen LogP contribution in [0.1, 0.15) is 25.3 Å². The van der Waals surface area contributed by atoms with Gasteiger partial charge in [-0.2, -0.15) is 0 Å². The molecule has 1 saturated carbocycles. The van der Waals surface area contributed by atoms with Crippen LogP contribution >= 0.6 is 31.9 Å². The summed E-state index contributed by atoms with van der Waals surface area (Å²) in [7, 11) is 0. The fraction of sp³-hybridized carbons (Fsp3) is 0.500. The highest BCUT2D eigenvalue weighted by Crippen LogP contribution is 2.44. The zero-order chi connectivity index (χ0) is 15.1. The van der Waals surface area contributed by atoms with Gasteiger partial charge in [-0.25, -0.2) is 4.90 Å². The SMILES string of the molecule is CCc1ccccc1N1C(=O)C2CC(Br)C(Br)CC2C1=O. The summed E-state index contributed by atoms with van der Waals surface area (Å²) in [5.41, 5.74) is 1.81. The number of imide groups is 1. The van der Waals surface area contributed by atoms with E-state index in [1.165, 1.54) is 4.90 Å². The third kappa shape index (κ3) is 2.48. The largest absolute Gasteiger partial charge is 0.274 e. The van der Waals surface area contributed by atoms with E-state index in [9.17, 15) is 9.59 Å². The Morgan fingerprint density at radius 3 is 2.10 bits per heavy atom. The molecular weight excluding hydrogens is 398 g/mol. The fourth-order valence-corrected chi connectivity index (χ4v) is 4.60. The summed E-state index contributed by atoms with van der Waals surface area (Å²) >= 11 is 7.23. The Kier molecular flexibility index (Phi) is 4.23. The van der Waals surface area contributed by atoms with E-state index < -0.39 is 0 Å². The molecule has 0 aromatic heterocycles. The summed E-state index contributed by atoms with van der Waals surface area (Å²) in [6, 6.07) is 7.70. The molecule has 3 rings (SSSR count). The Morgan fingerprint density at radius 1 is 1.05 bits per heavy atom. The smallest absolute Gasteiger partial charge is 0.237 e. The zero-order valence-corrected chi connectivity index (χ0v) is 14.9. The number of benzene rings is 1. The highest BCUT2D eigenvalue weighted by molar-refractivity contribution is 9.12. The normalized spacial score (nSPS) is 32.4. The maximum atomic E-state index is 12.7. The molecule has 2 amide bonds. The number of aryl methyl sites for hydroxylation is 1. The van der Waals surface area contributed by atoms with Crippen molar-refractivity contribution in [2.24, 2.45) is 11.8 Å². The molecule has 3 nitrogen and oxygen atoms in total. The summed E-state index contributed by atoms with van der Waals surface area (Å²) in [4.78, 5) is 27.4. The van der Waals surface area contributed by atoms with E-state index in [4.69, 9.17) is 0 Å². The number of rotatable bonds is 2. The lowest BCUT2D eigenvalue weighted by Gasteiger charge is -2.29. The lowest BCUT2D eigenvalue weighted by Crippen LogP contribution is -2.34. The molecule has 1 aliphatic heterocycles. The molecule has 0 spiro atoms. The van der Waals surface area contributed by atoms with Gasteiger partial charge in [0.1, 0.15) is 0 Å². The number of amides is 2. The first kappa shape index (κ1) is 15.2. The molecule has 4 atom stereocenters. The van der Waals surface area contributed by atoms with Crippen molar-refractivity contribution >= 4 is 49.4 Å². The summed E-state index contributed by atoms with van der Waals surface area (Å²) in [5.74, 6) is -0.425. The van der Waals surface area contributed by atoms with Gasteiger partial charge in [0.2, 0.25) is 11.8 Å². The second-order valence-corrected chi connectivity index (χ2v) is 8.06. The van der Waals surface area contributed by atoms with Gasteiger partial charge in [-0.05, 0) is 30.9 Å². The first-order valence-corrected chi connectivity index (χ1v) is 9.11. The molecule has 2 fully saturated rings. The Balaban J connectivity index is 1.98. The summed E-state index contributed by atoms with van der Waals surface area (Å²) < 4.78 is 0. The number of anilines is 1. The molecule has 21 heavy (non-hydrogen) atoms. The van der Waals surface area contributed by atoms with E-state index >= 15 is 0 Å². The second-order valence-electron chi connectivity index (χ2n) is 5.71. The Hall–Kier alpha value is -0.680. The standard InChI is InChI=1S/C16H17Br2NO2/c1-2-9-5-3-4-6-14(9)19-15(20)10-7-12(17)13(18)8-11(10)16(19)21/h3-6,10-13H,2,7-8H2,1H3. The van der Waals surface area contributed by atoms with Crippen LogP contribution in [-0.4, -0.2) is 21.5 Å². The van der Waals surface area contributed by atoms with Crippen LogP contribution in [0.25, 0.3) is 0 Å². The van der Waals surface area contributed by atoms with Crippen LogP contribution in [0.3, 0.4) is 0 Å². The van der Waals surface area contributed by atoms with Crippen molar-refractivity contribution in [2.75, 3.05) is 4.90 Å². The molecular formula is C16H17Br2NO2. The molecule has 0 radical (unpaired) electrons. The number of halogens is 2. The molecule has 112 valence electrons.